The van der Waals surface area contributed by atoms with Gasteiger partial charge in [-0.05, 0) is 12.1 Å². The summed E-state index contributed by atoms with van der Waals surface area (Å²) in [5.41, 5.74) is 1.05. The van der Waals surface area contributed by atoms with Crippen molar-refractivity contribution in [1.82, 2.24) is 14.1 Å². The first-order valence-electron chi connectivity index (χ1n) is 6.84. The average molecular weight is 316 g/mol. The Morgan fingerprint density at radius 3 is 2.95 bits per heavy atom. The van der Waals surface area contributed by atoms with Crippen molar-refractivity contribution in [2.45, 2.75) is 6.54 Å². The molecule has 0 aliphatic rings. The molecular formula is C15H16N4O2S. The summed E-state index contributed by atoms with van der Waals surface area (Å²) in [6.45, 7) is 1.21. The summed E-state index contributed by atoms with van der Waals surface area (Å²) in [6, 6.07) is 7.99. The van der Waals surface area contributed by atoms with Gasteiger partial charge in [0.2, 0.25) is 5.82 Å². The van der Waals surface area contributed by atoms with E-state index in [1.54, 1.807) is 31.1 Å². The van der Waals surface area contributed by atoms with E-state index in [0.29, 0.717) is 23.8 Å². The molecule has 7 heteroatoms. The number of para-hydroxylation sites is 1. The van der Waals surface area contributed by atoms with Crippen LogP contribution in [0.1, 0.15) is 10.6 Å². The molecule has 0 radical (unpaired) electrons. The largest absolute Gasteiger partial charge is 0.383 e. The van der Waals surface area contributed by atoms with Gasteiger partial charge in [0.15, 0.2) is 4.80 Å². The predicted octanol–water partition coefficient (Wildman–Crippen LogP) is 1.82. The van der Waals surface area contributed by atoms with Crippen molar-refractivity contribution in [2.24, 2.45) is 12.0 Å². The highest BCUT2D eigenvalue weighted by molar-refractivity contribution is 7.16. The minimum Gasteiger partial charge on any atom is -0.383 e. The lowest BCUT2D eigenvalue weighted by Gasteiger charge is -2.03. The summed E-state index contributed by atoms with van der Waals surface area (Å²) in [4.78, 5) is 21.3. The molecule has 0 unspecified atom stereocenters. The molecule has 6 nitrogen and oxygen atoms in total. The van der Waals surface area contributed by atoms with Crippen LogP contribution < -0.4 is 4.80 Å². The lowest BCUT2D eigenvalue weighted by atomic mass is 10.3. The van der Waals surface area contributed by atoms with E-state index in [-0.39, 0.29) is 5.91 Å². The van der Waals surface area contributed by atoms with Crippen molar-refractivity contribution in [3.05, 3.63) is 47.3 Å². The second-order valence-corrected chi connectivity index (χ2v) is 5.78. The van der Waals surface area contributed by atoms with E-state index in [2.05, 4.69) is 9.98 Å². The number of fused-ring (bicyclic) bond motifs is 1. The Balaban J connectivity index is 2.11. The van der Waals surface area contributed by atoms with E-state index >= 15 is 0 Å². The minimum atomic E-state index is -0.342. The lowest BCUT2D eigenvalue weighted by molar-refractivity contribution is 0.0984. The van der Waals surface area contributed by atoms with Crippen molar-refractivity contribution >= 4 is 27.5 Å². The maximum Gasteiger partial charge on any atom is 0.315 e. The van der Waals surface area contributed by atoms with E-state index < -0.39 is 0 Å². The van der Waals surface area contributed by atoms with Gasteiger partial charge in [0.05, 0.1) is 16.8 Å². The number of hydrogen-bond donors (Lipinski definition) is 0. The normalized spacial score (nSPS) is 12.2. The predicted molar refractivity (Wildman–Crippen MR) is 84.8 cm³/mol. The first kappa shape index (κ1) is 14.7. The number of methoxy groups -OCH3 is 1. The highest BCUT2D eigenvalue weighted by Gasteiger charge is 2.12. The van der Waals surface area contributed by atoms with Crippen LogP contribution in [-0.4, -0.2) is 33.7 Å². The zero-order valence-corrected chi connectivity index (χ0v) is 13.2. The van der Waals surface area contributed by atoms with Crippen LogP contribution in [0.5, 0.6) is 0 Å². The third-order valence-electron chi connectivity index (χ3n) is 3.32. The molecule has 0 spiro atoms. The molecule has 0 fully saturated rings. The summed E-state index contributed by atoms with van der Waals surface area (Å²) < 4.78 is 9.91. The van der Waals surface area contributed by atoms with E-state index in [1.165, 1.54) is 11.3 Å². The zero-order chi connectivity index (χ0) is 15.5. The number of aromatic nitrogens is 3. The Morgan fingerprint density at radius 2 is 2.23 bits per heavy atom. The fourth-order valence-electron chi connectivity index (χ4n) is 2.21. The van der Waals surface area contributed by atoms with Gasteiger partial charge < -0.3 is 13.9 Å². The molecular weight excluding hydrogens is 300 g/mol. The van der Waals surface area contributed by atoms with Gasteiger partial charge in [-0.1, -0.05) is 23.5 Å². The van der Waals surface area contributed by atoms with Gasteiger partial charge in [-0.2, -0.15) is 4.99 Å². The molecule has 0 N–H and O–H groups in total. The smallest absolute Gasteiger partial charge is 0.315 e. The Labute approximate surface area is 131 Å². The quantitative estimate of drug-likeness (QED) is 0.737. The molecule has 0 bridgehead atoms. The Morgan fingerprint density at radius 1 is 1.41 bits per heavy atom. The summed E-state index contributed by atoms with van der Waals surface area (Å²) in [6.07, 6.45) is 3.32. The summed E-state index contributed by atoms with van der Waals surface area (Å²) >= 11 is 1.49. The molecule has 22 heavy (non-hydrogen) atoms. The number of rotatable bonds is 4. The standard InChI is InChI=1S/C15H16N4O2S/c1-18-8-7-16-13(18)14(20)17-15-19(9-10-21-2)11-5-3-4-6-12(11)22-15/h3-8H,9-10H2,1-2H3. The number of ether oxygens (including phenoxy) is 1. The lowest BCUT2D eigenvalue weighted by Crippen LogP contribution is -2.20. The van der Waals surface area contributed by atoms with Gasteiger partial charge in [0, 0.05) is 33.1 Å². The first-order chi connectivity index (χ1) is 10.7. The van der Waals surface area contributed by atoms with Gasteiger partial charge in [-0.15, -0.1) is 0 Å². The van der Waals surface area contributed by atoms with Gasteiger partial charge in [0.1, 0.15) is 0 Å². The molecule has 0 aliphatic heterocycles. The summed E-state index contributed by atoms with van der Waals surface area (Å²) in [7, 11) is 3.44. The van der Waals surface area contributed by atoms with Crippen LogP contribution in [0, 0.1) is 0 Å². The van der Waals surface area contributed by atoms with Crippen molar-refractivity contribution < 1.29 is 9.53 Å². The van der Waals surface area contributed by atoms with Gasteiger partial charge in [-0.25, -0.2) is 4.98 Å². The van der Waals surface area contributed by atoms with E-state index in [9.17, 15) is 4.79 Å². The Kier molecular flexibility index (Phi) is 4.17. The van der Waals surface area contributed by atoms with E-state index in [4.69, 9.17) is 4.74 Å². The molecule has 0 saturated carbocycles. The van der Waals surface area contributed by atoms with Crippen LogP contribution >= 0.6 is 11.3 Å². The number of thiazole rings is 1. The SMILES string of the molecule is COCCn1c(=NC(=O)c2nccn2C)sc2ccccc21. The van der Waals surface area contributed by atoms with Gasteiger partial charge in [0.25, 0.3) is 0 Å². The second-order valence-electron chi connectivity index (χ2n) is 4.78. The third kappa shape index (κ3) is 2.72. The number of amides is 1. The van der Waals surface area contributed by atoms with Crippen LogP contribution in [-0.2, 0) is 18.3 Å². The molecule has 114 valence electrons. The topological polar surface area (TPSA) is 61.4 Å². The zero-order valence-electron chi connectivity index (χ0n) is 12.4. The number of nitrogens with zero attached hydrogens (tertiary/aromatic N) is 4. The van der Waals surface area contributed by atoms with Crippen molar-refractivity contribution in [2.75, 3.05) is 13.7 Å². The highest BCUT2D eigenvalue weighted by Crippen LogP contribution is 2.16. The van der Waals surface area contributed by atoms with E-state index in [0.717, 1.165) is 10.2 Å². The number of carbonyl (C=O) groups excluding carboxylic acids is 1. The van der Waals surface area contributed by atoms with E-state index in [1.807, 2.05) is 28.8 Å². The van der Waals surface area contributed by atoms with Gasteiger partial charge >= 0.3 is 5.91 Å². The Hall–Kier alpha value is -2.25. The Bertz CT molecular complexity index is 875. The van der Waals surface area contributed by atoms with Crippen LogP contribution in [0.2, 0.25) is 0 Å². The van der Waals surface area contributed by atoms with Crippen LogP contribution in [0.25, 0.3) is 10.2 Å². The molecule has 0 atom stereocenters. The fourth-order valence-corrected chi connectivity index (χ4v) is 3.27. The van der Waals surface area contributed by atoms with Crippen LogP contribution in [0.3, 0.4) is 0 Å². The molecule has 2 heterocycles. The number of carbonyl (C=O) groups is 1. The van der Waals surface area contributed by atoms with Crippen LogP contribution in [0.15, 0.2) is 41.7 Å². The summed E-state index contributed by atoms with van der Waals surface area (Å²) in [5, 5.41) is 0. The van der Waals surface area contributed by atoms with Crippen molar-refractivity contribution in [3.8, 4) is 0 Å². The first-order valence-corrected chi connectivity index (χ1v) is 7.66. The maximum atomic E-state index is 12.3. The number of benzene rings is 1. The van der Waals surface area contributed by atoms with Crippen molar-refractivity contribution in [1.29, 1.82) is 0 Å². The highest BCUT2D eigenvalue weighted by atomic mass is 32.1. The number of imidazole rings is 1. The second kappa shape index (κ2) is 6.25. The summed E-state index contributed by atoms with van der Waals surface area (Å²) in [5.74, 6) is -0.0130. The monoisotopic (exact) mass is 316 g/mol. The number of hydrogen-bond acceptors (Lipinski definition) is 4. The molecule has 0 aliphatic carbocycles. The number of aryl methyl sites for hydroxylation is 1. The average Bonchev–Trinajstić information content (AvgIpc) is 3.08. The van der Waals surface area contributed by atoms with Crippen molar-refractivity contribution in [3.63, 3.8) is 0 Å². The molecule has 0 saturated heterocycles. The molecule has 2 aromatic heterocycles. The van der Waals surface area contributed by atoms with Gasteiger partial charge in [-0.3, -0.25) is 4.79 Å². The van der Waals surface area contributed by atoms with Crippen LogP contribution in [0.4, 0.5) is 0 Å². The minimum absolute atomic E-state index is 0.329. The third-order valence-corrected chi connectivity index (χ3v) is 4.38. The molecule has 1 aromatic carbocycles. The molecule has 3 aromatic rings. The maximum absolute atomic E-state index is 12.3. The fraction of sp³-hybridized carbons (Fsp3) is 0.267. The molecule has 3 rings (SSSR count). The molecule has 1 amide bonds.